The second-order valence-electron chi connectivity index (χ2n) is 8.00. The molecule has 1 aromatic heterocycles. The van der Waals surface area contributed by atoms with Crippen LogP contribution in [-0.2, 0) is 0 Å². The molecule has 0 bridgehead atoms. The molecule has 0 aliphatic rings. The van der Waals surface area contributed by atoms with E-state index in [1.54, 1.807) is 0 Å². The van der Waals surface area contributed by atoms with Crippen LogP contribution >= 0.6 is 0 Å². The summed E-state index contributed by atoms with van der Waals surface area (Å²) in [6, 6.07) is 12.7. The summed E-state index contributed by atoms with van der Waals surface area (Å²) in [6.45, 7) is 16.9. The molecule has 3 aromatic rings. The standard InChI is InChI=1S/C26H39N3O2/c1-5-28(6-2)15-9-17-30-21-11-13-23-24-14-12-22(20-26(24)27-25(23)19-21)31-18-10-16-29(7-3)8-4/h11-14,19-20,27H,5-10,15-18H2,1-4H3. The smallest absolute Gasteiger partial charge is 0.121 e. The Labute approximate surface area is 187 Å². The van der Waals surface area contributed by atoms with Gasteiger partial charge in [0.25, 0.3) is 0 Å². The molecule has 0 amide bonds. The van der Waals surface area contributed by atoms with E-state index < -0.39 is 0 Å². The van der Waals surface area contributed by atoms with Crippen molar-refractivity contribution in [3.05, 3.63) is 36.4 Å². The van der Waals surface area contributed by atoms with Crippen LogP contribution in [0.4, 0.5) is 0 Å². The summed E-state index contributed by atoms with van der Waals surface area (Å²) in [6.07, 6.45) is 2.09. The van der Waals surface area contributed by atoms with Crippen LogP contribution in [0.2, 0.25) is 0 Å². The first kappa shape index (κ1) is 23.4. The number of fused-ring (bicyclic) bond motifs is 3. The fraction of sp³-hybridized carbons (Fsp3) is 0.538. The number of benzene rings is 2. The summed E-state index contributed by atoms with van der Waals surface area (Å²) in [7, 11) is 0. The van der Waals surface area contributed by atoms with Crippen LogP contribution in [-0.4, -0.2) is 67.3 Å². The van der Waals surface area contributed by atoms with Gasteiger partial charge in [-0.25, -0.2) is 0 Å². The largest absolute Gasteiger partial charge is 0.493 e. The van der Waals surface area contributed by atoms with E-state index in [1.807, 2.05) is 0 Å². The molecule has 0 radical (unpaired) electrons. The Kier molecular flexibility index (Phi) is 9.04. The molecule has 0 fully saturated rings. The van der Waals surface area contributed by atoms with Crippen molar-refractivity contribution in [2.45, 2.75) is 40.5 Å². The number of nitrogens with zero attached hydrogens (tertiary/aromatic N) is 2. The first-order valence-electron chi connectivity index (χ1n) is 11.9. The van der Waals surface area contributed by atoms with E-state index in [2.05, 4.69) is 78.9 Å². The zero-order chi connectivity index (χ0) is 22.1. The second kappa shape index (κ2) is 12.0. The number of nitrogens with one attached hydrogen (secondary N) is 1. The van der Waals surface area contributed by atoms with Gasteiger partial charge in [-0.2, -0.15) is 0 Å². The lowest BCUT2D eigenvalue weighted by Crippen LogP contribution is -2.25. The lowest BCUT2D eigenvalue weighted by molar-refractivity contribution is 0.249. The third-order valence-corrected chi connectivity index (χ3v) is 6.11. The fourth-order valence-corrected chi connectivity index (χ4v) is 4.08. The zero-order valence-electron chi connectivity index (χ0n) is 19.7. The maximum absolute atomic E-state index is 6.00. The Morgan fingerprint density at radius 1 is 0.645 bits per heavy atom. The van der Waals surface area contributed by atoms with Crippen LogP contribution < -0.4 is 9.47 Å². The van der Waals surface area contributed by atoms with E-state index in [-0.39, 0.29) is 0 Å². The molecule has 31 heavy (non-hydrogen) atoms. The predicted octanol–water partition coefficient (Wildman–Crippen LogP) is 5.54. The third kappa shape index (κ3) is 6.37. The Hall–Kier alpha value is -2.24. The van der Waals surface area contributed by atoms with E-state index in [0.29, 0.717) is 0 Å². The molecule has 0 saturated carbocycles. The highest BCUT2D eigenvalue weighted by molar-refractivity contribution is 6.07. The van der Waals surface area contributed by atoms with Crippen molar-refractivity contribution in [2.75, 3.05) is 52.5 Å². The molecule has 0 aliphatic heterocycles. The Balaban J connectivity index is 1.58. The minimum atomic E-state index is 0.744. The molecule has 5 nitrogen and oxygen atoms in total. The Bertz CT molecular complexity index is 855. The van der Waals surface area contributed by atoms with Gasteiger partial charge in [-0.15, -0.1) is 0 Å². The van der Waals surface area contributed by atoms with Crippen LogP contribution in [0.1, 0.15) is 40.5 Å². The highest BCUT2D eigenvalue weighted by Gasteiger charge is 2.08. The monoisotopic (exact) mass is 425 g/mol. The summed E-state index contributed by atoms with van der Waals surface area (Å²) < 4.78 is 12.0. The minimum Gasteiger partial charge on any atom is -0.493 e. The van der Waals surface area contributed by atoms with Crippen molar-refractivity contribution in [1.82, 2.24) is 14.8 Å². The predicted molar refractivity (Wildman–Crippen MR) is 132 cm³/mol. The van der Waals surface area contributed by atoms with Crippen molar-refractivity contribution in [1.29, 1.82) is 0 Å². The third-order valence-electron chi connectivity index (χ3n) is 6.11. The van der Waals surface area contributed by atoms with Gasteiger partial charge < -0.3 is 24.3 Å². The van der Waals surface area contributed by atoms with Gasteiger partial charge in [0.1, 0.15) is 11.5 Å². The Morgan fingerprint density at radius 3 is 1.45 bits per heavy atom. The average molecular weight is 426 g/mol. The number of hydrogen-bond donors (Lipinski definition) is 1. The number of ether oxygens (including phenoxy) is 2. The van der Waals surface area contributed by atoms with E-state index in [4.69, 9.17) is 9.47 Å². The molecule has 0 saturated heterocycles. The van der Waals surface area contributed by atoms with Crippen molar-refractivity contribution < 1.29 is 9.47 Å². The van der Waals surface area contributed by atoms with Gasteiger partial charge in [0.2, 0.25) is 0 Å². The van der Waals surface area contributed by atoms with Gasteiger partial charge in [-0.3, -0.25) is 0 Å². The van der Waals surface area contributed by atoms with Gasteiger partial charge in [-0.1, -0.05) is 27.7 Å². The van der Waals surface area contributed by atoms with Crippen molar-refractivity contribution in [3.8, 4) is 11.5 Å². The van der Waals surface area contributed by atoms with Crippen molar-refractivity contribution in [2.24, 2.45) is 0 Å². The van der Waals surface area contributed by atoms with Gasteiger partial charge in [0.05, 0.1) is 24.2 Å². The topological polar surface area (TPSA) is 40.7 Å². The summed E-state index contributed by atoms with van der Waals surface area (Å²) >= 11 is 0. The first-order valence-corrected chi connectivity index (χ1v) is 11.9. The molecule has 3 rings (SSSR count). The van der Waals surface area contributed by atoms with Crippen molar-refractivity contribution in [3.63, 3.8) is 0 Å². The maximum Gasteiger partial charge on any atom is 0.121 e. The summed E-state index contributed by atoms with van der Waals surface area (Å²) in [4.78, 5) is 8.38. The van der Waals surface area contributed by atoms with Crippen molar-refractivity contribution >= 4 is 21.8 Å². The maximum atomic E-state index is 6.00. The van der Waals surface area contributed by atoms with Crippen LogP contribution in [0, 0.1) is 0 Å². The second-order valence-corrected chi connectivity index (χ2v) is 8.00. The first-order chi connectivity index (χ1) is 15.2. The molecule has 1 N–H and O–H groups in total. The highest BCUT2D eigenvalue weighted by atomic mass is 16.5. The number of hydrogen-bond acceptors (Lipinski definition) is 4. The molecular formula is C26H39N3O2. The lowest BCUT2D eigenvalue weighted by Gasteiger charge is -2.17. The van der Waals surface area contributed by atoms with Gasteiger partial charge in [0.15, 0.2) is 0 Å². The lowest BCUT2D eigenvalue weighted by atomic mass is 10.1. The molecule has 0 atom stereocenters. The van der Waals surface area contributed by atoms with E-state index in [0.717, 1.165) is 87.9 Å². The van der Waals surface area contributed by atoms with Crippen LogP contribution in [0.25, 0.3) is 21.8 Å². The van der Waals surface area contributed by atoms with E-state index in [1.165, 1.54) is 10.8 Å². The molecule has 1 heterocycles. The van der Waals surface area contributed by atoms with E-state index >= 15 is 0 Å². The molecule has 5 heteroatoms. The molecule has 2 aromatic carbocycles. The quantitative estimate of drug-likeness (QED) is 0.344. The highest BCUT2D eigenvalue weighted by Crippen LogP contribution is 2.30. The summed E-state index contributed by atoms with van der Waals surface area (Å²) in [5, 5.41) is 2.44. The normalized spacial score (nSPS) is 11.8. The minimum absolute atomic E-state index is 0.744. The Morgan fingerprint density at radius 2 is 1.06 bits per heavy atom. The van der Waals surface area contributed by atoms with Crippen LogP contribution in [0.15, 0.2) is 36.4 Å². The number of rotatable bonds is 14. The fourth-order valence-electron chi connectivity index (χ4n) is 4.08. The molecule has 0 aliphatic carbocycles. The number of H-pyrrole nitrogens is 1. The van der Waals surface area contributed by atoms with Crippen LogP contribution in [0.5, 0.6) is 11.5 Å². The molecular weight excluding hydrogens is 386 g/mol. The SMILES string of the molecule is CCN(CC)CCCOc1ccc2c(c1)[nH]c1cc(OCCCN(CC)CC)ccc12. The van der Waals surface area contributed by atoms with Gasteiger partial charge in [0, 0.05) is 36.0 Å². The average Bonchev–Trinajstić information content (AvgIpc) is 3.16. The van der Waals surface area contributed by atoms with Gasteiger partial charge in [-0.05, 0) is 63.3 Å². The van der Waals surface area contributed by atoms with E-state index in [9.17, 15) is 0 Å². The van der Waals surface area contributed by atoms with Crippen LogP contribution in [0.3, 0.4) is 0 Å². The number of aromatic nitrogens is 1. The summed E-state index contributed by atoms with van der Waals surface area (Å²) in [5.74, 6) is 1.85. The summed E-state index contributed by atoms with van der Waals surface area (Å²) in [5.41, 5.74) is 2.21. The molecule has 0 spiro atoms. The van der Waals surface area contributed by atoms with Gasteiger partial charge >= 0.3 is 0 Å². The zero-order valence-corrected chi connectivity index (χ0v) is 19.7. The molecule has 0 unspecified atom stereocenters. The number of aromatic amines is 1. The molecule has 170 valence electrons.